The van der Waals surface area contributed by atoms with E-state index in [4.69, 9.17) is 4.74 Å². The SMILES string of the molecule is CC(C)OC(=NC(=O)c1cccc(C(F)(F)F)c1)N(CCc1ccccc1)Cc1ccccc1. The van der Waals surface area contributed by atoms with Crippen molar-refractivity contribution in [3.8, 4) is 0 Å². The molecule has 7 heteroatoms. The van der Waals surface area contributed by atoms with Gasteiger partial charge in [-0.05, 0) is 49.6 Å². The van der Waals surface area contributed by atoms with Crippen LogP contribution in [0.4, 0.5) is 13.2 Å². The Hall–Kier alpha value is -3.61. The van der Waals surface area contributed by atoms with Crippen LogP contribution in [0.25, 0.3) is 0 Å². The first-order valence-corrected chi connectivity index (χ1v) is 11.0. The predicted octanol–water partition coefficient (Wildman–Crippen LogP) is 6.37. The molecule has 4 nitrogen and oxygen atoms in total. The first-order valence-electron chi connectivity index (χ1n) is 11.0. The lowest BCUT2D eigenvalue weighted by Crippen LogP contribution is -2.36. The van der Waals surface area contributed by atoms with Crippen molar-refractivity contribution in [2.45, 2.75) is 39.1 Å². The van der Waals surface area contributed by atoms with Gasteiger partial charge < -0.3 is 9.64 Å². The Morgan fingerprint density at radius 1 is 0.912 bits per heavy atom. The molecule has 3 aromatic carbocycles. The molecule has 0 heterocycles. The molecule has 0 aliphatic heterocycles. The fraction of sp³-hybridized carbons (Fsp3) is 0.259. The summed E-state index contributed by atoms with van der Waals surface area (Å²) in [6.45, 7) is 4.54. The predicted molar refractivity (Wildman–Crippen MR) is 126 cm³/mol. The molecule has 0 radical (unpaired) electrons. The van der Waals surface area contributed by atoms with Gasteiger partial charge in [0.2, 0.25) is 0 Å². The van der Waals surface area contributed by atoms with E-state index in [2.05, 4.69) is 4.99 Å². The summed E-state index contributed by atoms with van der Waals surface area (Å²) in [5.74, 6) is -0.792. The van der Waals surface area contributed by atoms with Crippen molar-refractivity contribution in [2.24, 2.45) is 4.99 Å². The smallest absolute Gasteiger partial charge is 0.416 e. The number of alkyl halides is 3. The van der Waals surface area contributed by atoms with Gasteiger partial charge in [-0.2, -0.15) is 18.2 Å². The van der Waals surface area contributed by atoms with Crippen LogP contribution in [-0.4, -0.2) is 29.5 Å². The highest BCUT2D eigenvalue weighted by Gasteiger charge is 2.31. The van der Waals surface area contributed by atoms with E-state index in [0.29, 0.717) is 19.5 Å². The highest BCUT2D eigenvalue weighted by atomic mass is 19.4. The van der Waals surface area contributed by atoms with Crippen LogP contribution in [0.5, 0.6) is 0 Å². The summed E-state index contributed by atoms with van der Waals surface area (Å²) in [4.78, 5) is 18.9. The van der Waals surface area contributed by atoms with E-state index in [1.54, 1.807) is 0 Å². The largest absolute Gasteiger partial charge is 0.462 e. The molecule has 0 unspecified atom stereocenters. The third kappa shape index (κ3) is 7.47. The Morgan fingerprint density at radius 3 is 2.12 bits per heavy atom. The molecule has 178 valence electrons. The van der Waals surface area contributed by atoms with Gasteiger partial charge in [-0.3, -0.25) is 4.79 Å². The summed E-state index contributed by atoms with van der Waals surface area (Å²) in [6.07, 6.45) is -4.17. The van der Waals surface area contributed by atoms with Gasteiger partial charge in [-0.25, -0.2) is 0 Å². The van der Waals surface area contributed by atoms with E-state index in [1.165, 1.54) is 12.1 Å². The lowest BCUT2D eigenvalue weighted by Gasteiger charge is -2.27. The molecule has 0 saturated heterocycles. The highest BCUT2D eigenvalue weighted by Crippen LogP contribution is 2.29. The molecule has 0 aromatic heterocycles. The van der Waals surface area contributed by atoms with E-state index in [0.717, 1.165) is 23.3 Å². The van der Waals surface area contributed by atoms with Gasteiger partial charge in [0, 0.05) is 18.7 Å². The second kappa shape index (κ2) is 11.5. The van der Waals surface area contributed by atoms with Crippen LogP contribution in [-0.2, 0) is 23.9 Å². The molecule has 0 saturated carbocycles. The summed E-state index contributed by atoms with van der Waals surface area (Å²) < 4.78 is 45.2. The molecule has 3 aromatic rings. The summed E-state index contributed by atoms with van der Waals surface area (Å²) in [7, 11) is 0. The van der Waals surface area contributed by atoms with Crippen molar-refractivity contribution in [1.82, 2.24) is 4.90 Å². The monoisotopic (exact) mass is 468 g/mol. The lowest BCUT2D eigenvalue weighted by atomic mass is 10.1. The standard InChI is InChI=1S/C27H27F3N2O2/c1-20(2)34-26(31-25(33)23-14-9-15-24(18-23)27(28,29)30)32(19-22-12-7-4-8-13-22)17-16-21-10-5-3-6-11-21/h3-15,18,20H,16-17,19H2,1-2H3. The number of aliphatic imine (C=N–C) groups is 1. The molecule has 3 rings (SSSR count). The number of hydrogen-bond acceptors (Lipinski definition) is 2. The minimum atomic E-state index is -4.55. The normalized spacial score (nSPS) is 12.0. The van der Waals surface area contributed by atoms with Gasteiger partial charge in [0.25, 0.3) is 11.9 Å². The van der Waals surface area contributed by atoms with Crippen LogP contribution in [0.3, 0.4) is 0 Å². The topological polar surface area (TPSA) is 41.9 Å². The molecule has 0 N–H and O–H groups in total. The molecule has 0 spiro atoms. The van der Waals surface area contributed by atoms with E-state index in [-0.39, 0.29) is 17.7 Å². The fourth-order valence-corrected chi connectivity index (χ4v) is 3.32. The van der Waals surface area contributed by atoms with Gasteiger partial charge in [0.15, 0.2) is 0 Å². The maximum Gasteiger partial charge on any atom is 0.416 e. The molecule has 0 atom stereocenters. The maximum absolute atomic E-state index is 13.1. The van der Waals surface area contributed by atoms with E-state index in [1.807, 2.05) is 79.4 Å². The minimum Gasteiger partial charge on any atom is -0.462 e. The molecule has 0 fully saturated rings. The molecule has 0 aliphatic rings. The van der Waals surface area contributed by atoms with Crippen LogP contribution in [0.2, 0.25) is 0 Å². The van der Waals surface area contributed by atoms with Crippen molar-refractivity contribution >= 4 is 11.9 Å². The van der Waals surface area contributed by atoms with Gasteiger partial charge in [-0.15, -0.1) is 0 Å². The van der Waals surface area contributed by atoms with Gasteiger partial charge in [-0.1, -0.05) is 66.7 Å². The molecule has 34 heavy (non-hydrogen) atoms. The Labute approximate surface area is 197 Å². The quantitative estimate of drug-likeness (QED) is 0.299. The molecular weight excluding hydrogens is 441 g/mol. The van der Waals surface area contributed by atoms with Crippen molar-refractivity contribution < 1.29 is 22.7 Å². The number of carbonyl (C=O) groups is 1. The molecule has 0 aliphatic carbocycles. The number of rotatable bonds is 7. The van der Waals surface area contributed by atoms with Crippen LogP contribution >= 0.6 is 0 Å². The maximum atomic E-state index is 13.1. The summed E-state index contributed by atoms with van der Waals surface area (Å²) >= 11 is 0. The zero-order chi connectivity index (χ0) is 24.6. The second-order valence-corrected chi connectivity index (χ2v) is 8.09. The van der Waals surface area contributed by atoms with Crippen LogP contribution in [0.15, 0.2) is 89.9 Å². The van der Waals surface area contributed by atoms with Gasteiger partial charge in [0.05, 0.1) is 11.7 Å². The van der Waals surface area contributed by atoms with Crippen LogP contribution < -0.4 is 0 Å². The second-order valence-electron chi connectivity index (χ2n) is 8.09. The minimum absolute atomic E-state index is 0.0807. The number of nitrogens with zero attached hydrogens (tertiary/aromatic N) is 2. The highest BCUT2D eigenvalue weighted by molar-refractivity contribution is 6.01. The van der Waals surface area contributed by atoms with E-state index >= 15 is 0 Å². The van der Waals surface area contributed by atoms with Gasteiger partial charge in [0.1, 0.15) is 0 Å². The molecular formula is C27H27F3N2O2. The van der Waals surface area contributed by atoms with Crippen LogP contribution in [0, 0.1) is 0 Å². The fourth-order valence-electron chi connectivity index (χ4n) is 3.32. The van der Waals surface area contributed by atoms with E-state index in [9.17, 15) is 18.0 Å². The van der Waals surface area contributed by atoms with Crippen molar-refractivity contribution in [2.75, 3.05) is 6.54 Å². The summed E-state index contributed by atoms with van der Waals surface area (Å²) in [6, 6.07) is 23.8. The Balaban J connectivity index is 1.93. The van der Waals surface area contributed by atoms with Crippen molar-refractivity contribution in [1.29, 1.82) is 0 Å². The Bertz CT molecular complexity index is 1100. The third-order valence-electron chi connectivity index (χ3n) is 4.98. The number of halogens is 3. The average Bonchev–Trinajstić information content (AvgIpc) is 2.82. The van der Waals surface area contributed by atoms with Gasteiger partial charge >= 0.3 is 6.18 Å². The zero-order valence-electron chi connectivity index (χ0n) is 19.1. The number of carbonyl (C=O) groups excluding carboxylic acids is 1. The number of amidine groups is 1. The first kappa shape index (κ1) is 25.0. The van der Waals surface area contributed by atoms with Crippen LogP contribution in [0.1, 0.15) is 40.9 Å². The molecule has 0 bridgehead atoms. The summed E-state index contributed by atoms with van der Waals surface area (Å²) in [5.41, 5.74) is 1.04. The summed E-state index contributed by atoms with van der Waals surface area (Å²) in [5, 5.41) is 0. The lowest BCUT2D eigenvalue weighted by molar-refractivity contribution is -0.137. The number of ether oxygens (including phenoxy) is 1. The van der Waals surface area contributed by atoms with E-state index < -0.39 is 17.6 Å². The number of benzene rings is 3. The average molecular weight is 469 g/mol. The number of hydrogen-bond donors (Lipinski definition) is 0. The molecule has 1 amide bonds. The van der Waals surface area contributed by atoms with Crippen molar-refractivity contribution in [3.63, 3.8) is 0 Å². The first-order chi connectivity index (χ1) is 16.2. The Morgan fingerprint density at radius 2 is 1.53 bits per heavy atom. The zero-order valence-corrected chi connectivity index (χ0v) is 19.1. The number of amides is 1. The third-order valence-corrected chi connectivity index (χ3v) is 4.98. The van der Waals surface area contributed by atoms with Crippen molar-refractivity contribution in [3.05, 3.63) is 107 Å². The Kier molecular flexibility index (Phi) is 8.46.